The van der Waals surface area contributed by atoms with Crippen molar-refractivity contribution in [1.82, 2.24) is 9.88 Å². The fourth-order valence-corrected chi connectivity index (χ4v) is 6.42. The van der Waals surface area contributed by atoms with E-state index in [-0.39, 0.29) is 34.0 Å². The number of amides is 1. The molecule has 3 heterocycles. The molecule has 0 fully saturated rings. The van der Waals surface area contributed by atoms with E-state index in [1.54, 1.807) is 42.5 Å². The maximum atomic E-state index is 13.8. The molecule has 0 radical (unpaired) electrons. The number of pyridine rings is 1. The molecule has 2 aromatic carbocycles. The van der Waals surface area contributed by atoms with Crippen molar-refractivity contribution in [3.8, 4) is 17.0 Å². The van der Waals surface area contributed by atoms with Gasteiger partial charge in [-0.25, -0.2) is 9.37 Å². The summed E-state index contributed by atoms with van der Waals surface area (Å²) in [5.74, 6) is -0.823. The molecule has 1 amide bonds. The molecule has 2 aliphatic rings. The molecular weight excluding hydrogens is 509 g/mol. The number of aliphatic hydroxyl groups is 1. The highest BCUT2D eigenvalue weighted by atomic mass is 32.2. The van der Waals surface area contributed by atoms with Gasteiger partial charge < -0.3 is 14.7 Å². The standard InChI is InChI=1S/C28H26FN3O5S/c1-28(2,3)26-24(33)22(27(34)32(26)15-16-8-11-18(29)12-9-16)23-20-7-5-6-19(25(20)38(35,36)31-23)17-10-13-21(37-4)30-14-17/h5-14,26,33H,15H2,1-4H3/t26-/m1/s1. The van der Waals surface area contributed by atoms with Crippen LogP contribution in [0.2, 0.25) is 0 Å². The Balaban J connectivity index is 1.62. The van der Waals surface area contributed by atoms with Gasteiger partial charge in [0.05, 0.1) is 13.2 Å². The molecule has 0 spiro atoms. The minimum atomic E-state index is -4.20. The fourth-order valence-electron chi connectivity index (χ4n) is 4.99. The van der Waals surface area contributed by atoms with E-state index in [9.17, 15) is 22.7 Å². The third kappa shape index (κ3) is 4.24. The van der Waals surface area contributed by atoms with Gasteiger partial charge in [-0.15, -0.1) is 0 Å². The second kappa shape index (κ2) is 9.05. The van der Waals surface area contributed by atoms with Gasteiger partial charge in [-0.1, -0.05) is 51.1 Å². The Kier molecular flexibility index (Phi) is 6.10. The summed E-state index contributed by atoms with van der Waals surface area (Å²) in [7, 11) is -2.71. The Morgan fingerprint density at radius 2 is 1.74 bits per heavy atom. The monoisotopic (exact) mass is 535 g/mol. The molecule has 10 heteroatoms. The van der Waals surface area contributed by atoms with E-state index >= 15 is 0 Å². The van der Waals surface area contributed by atoms with Crippen LogP contribution in [0.15, 0.2) is 81.4 Å². The molecule has 38 heavy (non-hydrogen) atoms. The number of methoxy groups -OCH3 is 1. The van der Waals surface area contributed by atoms with Crippen molar-refractivity contribution in [3.63, 3.8) is 0 Å². The van der Waals surface area contributed by atoms with Gasteiger partial charge in [0.25, 0.3) is 15.9 Å². The van der Waals surface area contributed by atoms with E-state index in [4.69, 9.17) is 4.74 Å². The maximum Gasteiger partial charge on any atom is 0.284 e. The van der Waals surface area contributed by atoms with Crippen LogP contribution in [0.3, 0.4) is 0 Å². The molecule has 0 unspecified atom stereocenters. The molecule has 0 bridgehead atoms. The third-order valence-electron chi connectivity index (χ3n) is 6.62. The second-order valence-corrected chi connectivity index (χ2v) is 11.8. The van der Waals surface area contributed by atoms with Crippen molar-refractivity contribution in [3.05, 3.63) is 89.1 Å². The van der Waals surface area contributed by atoms with Crippen LogP contribution in [-0.2, 0) is 21.4 Å². The molecule has 0 saturated heterocycles. The number of aromatic nitrogens is 1. The van der Waals surface area contributed by atoms with E-state index in [1.165, 1.54) is 30.3 Å². The lowest BCUT2D eigenvalue weighted by Crippen LogP contribution is -2.43. The largest absolute Gasteiger partial charge is 0.509 e. The number of ether oxygens (including phenoxy) is 1. The van der Waals surface area contributed by atoms with E-state index in [2.05, 4.69) is 9.38 Å². The number of aliphatic hydroxyl groups excluding tert-OH is 1. The molecule has 5 rings (SSSR count). The zero-order valence-electron chi connectivity index (χ0n) is 21.3. The molecule has 1 N–H and O–H groups in total. The van der Waals surface area contributed by atoms with Gasteiger partial charge in [0.15, 0.2) is 0 Å². The Hall–Kier alpha value is -4.05. The summed E-state index contributed by atoms with van der Waals surface area (Å²) >= 11 is 0. The number of nitrogens with zero attached hydrogens (tertiary/aromatic N) is 3. The minimum Gasteiger partial charge on any atom is -0.509 e. The Morgan fingerprint density at radius 3 is 2.34 bits per heavy atom. The van der Waals surface area contributed by atoms with Crippen molar-refractivity contribution >= 4 is 21.6 Å². The molecule has 0 aliphatic carbocycles. The minimum absolute atomic E-state index is 0.0561. The number of carbonyl (C=O) groups is 1. The lowest BCUT2D eigenvalue weighted by Gasteiger charge is -2.35. The smallest absolute Gasteiger partial charge is 0.284 e. The van der Waals surface area contributed by atoms with Crippen molar-refractivity contribution < 1.29 is 27.4 Å². The number of halogens is 1. The van der Waals surface area contributed by atoms with Gasteiger partial charge in [-0.3, -0.25) is 4.79 Å². The van der Waals surface area contributed by atoms with Crippen molar-refractivity contribution in [2.45, 2.75) is 38.3 Å². The zero-order chi connectivity index (χ0) is 27.4. The van der Waals surface area contributed by atoms with Crippen molar-refractivity contribution in [2.75, 3.05) is 7.11 Å². The lowest BCUT2D eigenvalue weighted by molar-refractivity contribution is -0.129. The number of fused-ring (bicyclic) bond motifs is 1. The average Bonchev–Trinajstić information content (AvgIpc) is 3.28. The molecule has 1 atom stereocenters. The highest BCUT2D eigenvalue weighted by Crippen LogP contribution is 2.43. The SMILES string of the molecule is COc1ccc(-c2cccc3c2S(=O)(=O)N=C3C2=C(O)[C@H](C(C)(C)C)N(Cc3ccc(F)cc3)C2=O)cn1. The van der Waals surface area contributed by atoms with Crippen LogP contribution in [0.1, 0.15) is 31.9 Å². The van der Waals surface area contributed by atoms with E-state index in [1.807, 2.05) is 20.8 Å². The van der Waals surface area contributed by atoms with E-state index in [0.717, 1.165) is 0 Å². The average molecular weight is 536 g/mol. The molecule has 1 aromatic heterocycles. The summed E-state index contributed by atoms with van der Waals surface area (Å²) < 4.78 is 49.2. The first-order chi connectivity index (χ1) is 17.9. The molecule has 3 aromatic rings. The van der Waals surface area contributed by atoms with Crippen molar-refractivity contribution in [2.24, 2.45) is 9.81 Å². The zero-order valence-corrected chi connectivity index (χ0v) is 22.1. The first kappa shape index (κ1) is 25.6. The molecule has 0 saturated carbocycles. The summed E-state index contributed by atoms with van der Waals surface area (Å²) in [4.78, 5) is 19.4. The van der Waals surface area contributed by atoms with Crippen LogP contribution >= 0.6 is 0 Å². The number of sulfonamides is 1. The Morgan fingerprint density at radius 1 is 1.05 bits per heavy atom. The van der Waals surface area contributed by atoms with Gasteiger partial charge in [-0.2, -0.15) is 12.8 Å². The van der Waals surface area contributed by atoms with Gasteiger partial charge >= 0.3 is 0 Å². The quantitative estimate of drug-likeness (QED) is 0.509. The number of rotatable bonds is 5. The number of hydrogen-bond donors (Lipinski definition) is 1. The summed E-state index contributed by atoms with van der Waals surface area (Å²) in [6, 6.07) is 13.2. The number of benzene rings is 2. The van der Waals surface area contributed by atoms with Crippen LogP contribution in [0, 0.1) is 11.2 Å². The molecule has 8 nitrogen and oxygen atoms in total. The third-order valence-corrected chi connectivity index (χ3v) is 8.00. The normalized spacial score (nSPS) is 18.6. The topological polar surface area (TPSA) is 109 Å². The van der Waals surface area contributed by atoms with Crippen LogP contribution < -0.4 is 4.74 Å². The van der Waals surface area contributed by atoms with E-state index in [0.29, 0.717) is 22.6 Å². The summed E-state index contributed by atoms with van der Waals surface area (Å²) in [6.45, 7) is 5.71. The van der Waals surface area contributed by atoms with E-state index < -0.39 is 33.2 Å². The Labute approximate surface area is 220 Å². The summed E-state index contributed by atoms with van der Waals surface area (Å²) in [5.41, 5.74) is 0.949. The first-order valence-corrected chi connectivity index (χ1v) is 13.3. The summed E-state index contributed by atoms with van der Waals surface area (Å²) in [5, 5.41) is 11.4. The second-order valence-electron chi connectivity index (χ2n) is 10.3. The Bertz CT molecular complexity index is 1610. The molecule has 196 valence electrons. The summed E-state index contributed by atoms with van der Waals surface area (Å²) in [6.07, 6.45) is 1.50. The van der Waals surface area contributed by atoms with Crippen LogP contribution in [0.5, 0.6) is 5.88 Å². The van der Waals surface area contributed by atoms with Crippen LogP contribution in [0.25, 0.3) is 11.1 Å². The van der Waals surface area contributed by atoms with Gasteiger partial charge in [-0.05, 0) is 29.2 Å². The lowest BCUT2D eigenvalue weighted by atomic mass is 9.84. The predicted octanol–water partition coefficient (Wildman–Crippen LogP) is 4.66. The number of carbonyl (C=O) groups excluding carboxylic acids is 1. The first-order valence-electron chi connectivity index (χ1n) is 11.9. The molecule has 2 aliphatic heterocycles. The van der Waals surface area contributed by atoms with Gasteiger partial charge in [0, 0.05) is 35.5 Å². The van der Waals surface area contributed by atoms with Crippen molar-refractivity contribution in [1.29, 1.82) is 0 Å². The highest BCUT2D eigenvalue weighted by Gasteiger charge is 2.49. The number of hydrogen-bond acceptors (Lipinski definition) is 6. The fraction of sp³-hybridized carbons (Fsp3) is 0.250. The highest BCUT2D eigenvalue weighted by molar-refractivity contribution is 7.91. The van der Waals surface area contributed by atoms with Gasteiger partial charge in [0.2, 0.25) is 5.88 Å². The maximum absolute atomic E-state index is 13.8. The van der Waals surface area contributed by atoms with Crippen LogP contribution in [-0.4, -0.2) is 48.2 Å². The molecular formula is C28H26FN3O5S. The van der Waals surface area contributed by atoms with Gasteiger partial charge in [0.1, 0.15) is 27.8 Å². The predicted molar refractivity (Wildman–Crippen MR) is 140 cm³/mol. The van der Waals surface area contributed by atoms with Crippen LogP contribution in [0.4, 0.5) is 4.39 Å².